The smallest absolute Gasteiger partial charge is 0.449 e. The van der Waals surface area contributed by atoms with E-state index in [1.165, 1.54) is 0 Å². The summed E-state index contributed by atoms with van der Waals surface area (Å²) in [5.41, 5.74) is 0.549. The van der Waals surface area contributed by atoms with Crippen molar-refractivity contribution in [1.29, 1.82) is 0 Å². The maximum absolute atomic E-state index is 11.5. The molecule has 1 amide bonds. The fourth-order valence-corrected chi connectivity index (χ4v) is 1.32. The maximum Gasteiger partial charge on any atom is 0.514 e. The highest BCUT2D eigenvalue weighted by molar-refractivity contribution is 5.84. The van der Waals surface area contributed by atoms with Gasteiger partial charge in [0.2, 0.25) is 0 Å². The minimum Gasteiger partial charge on any atom is -0.449 e. The van der Waals surface area contributed by atoms with Crippen molar-refractivity contribution in [2.45, 2.75) is 33.8 Å². The molecule has 0 heterocycles. The zero-order valence-electron chi connectivity index (χ0n) is 12.7. The molecule has 0 radical (unpaired) electrons. The highest BCUT2D eigenvalue weighted by Gasteiger charge is 2.09. The van der Waals surface area contributed by atoms with Crippen LogP contribution in [0, 0.1) is 5.92 Å². The zero-order chi connectivity index (χ0) is 15.8. The molecule has 1 aromatic rings. The molecule has 1 N–H and O–H groups in total. The average molecular weight is 295 g/mol. The first-order valence-corrected chi connectivity index (χ1v) is 6.79. The summed E-state index contributed by atoms with van der Waals surface area (Å²) in [6.45, 7) is 7.73. The Labute approximate surface area is 124 Å². The summed E-state index contributed by atoms with van der Waals surface area (Å²) in [6, 6.07) is 6.32. The van der Waals surface area contributed by atoms with Crippen LogP contribution in [0.4, 0.5) is 15.3 Å². The normalized spacial score (nSPS) is 10.4. The van der Waals surface area contributed by atoms with E-state index < -0.39 is 12.2 Å². The topological polar surface area (TPSA) is 73.9 Å². The Morgan fingerprint density at radius 2 is 1.71 bits per heavy atom. The molecule has 0 unspecified atom stereocenters. The van der Waals surface area contributed by atoms with Crippen LogP contribution in [0.2, 0.25) is 0 Å². The van der Waals surface area contributed by atoms with Crippen LogP contribution < -0.4 is 10.1 Å². The largest absolute Gasteiger partial charge is 0.514 e. The molecule has 0 bridgehead atoms. The molecule has 21 heavy (non-hydrogen) atoms. The Morgan fingerprint density at radius 3 is 2.24 bits per heavy atom. The number of carbonyl (C=O) groups is 2. The average Bonchev–Trinajstić information content (AvgIpc) is 2.37. The van der Waals surface area contributed by atoms with Crippen molar-refractivity contribution in [1.82, 2.24) is 0 Å². The summed E-state index contributed by atoms with van der Waals surface area (Å²) in [7, 11) is 0. The van der Waals surface area contributed by atoms with Gasteiger partial charge in [-0.15, -0.1) is 0 Å². The van der Waals surface area contributed by atoms with Crippen molar-refractivity contribution in [2.24, 2.45) is 5.92 Å². The first-order chi connectivity index (χ1) is 9.86. The lowest BCUT2D eigenvalue weighted by molar-refractivity contribution is 0.0729. The van der Waals surface area contributed by atoms with E-state index >= 15 is 0 Å². The van der Waals surface area contributed by atoms with E-state index in [-0.39, 0.29) is 12.0 Å². The van der Waals surface area contributed by atoms with Crippen LogP contribution in [0.25, 0.3) is 0 Å². The van der Waals surface area contributed by atoms with Gasteiger partial charge >= 0.3 is 12.2 Å². The lowest BCUT2D eigenvalue weighted by Crippen LogP contribution is -2.17. The van der Waals surface area contributed by atoms with Gasteiger partial charge in [0.05, 0.1) is 12.7 Å². The highest BCUT2D eigenvalue weighted by Crippen LogP contribution is 2.16. The molecule has 0 atom stereocenters. The molecule has 0 aliphatic heterocycles. The summed E-state index contributed by atoms with van der Waals surface area (Å²) in [5, 5.41) is 2.58. The maximum atomic E-state index is 11.5. The van der Waals surface area contributed by atoms with E-state index in [9.17, 15) is 9.59 Å². The standard InChI is InChI=1S/C15H21NO5/c1-10(2)9-19-14(17)16-12-5-7-13(8-6-12)21-15(18)20-11(3)4/h5-8,10-11H,9H2,1-4H3,(H,16,17). The lowest BCUT2D eigenvalue weighted by atomic mass is 10.2. The summed E-state index contributed by atoms with van der Waals surface area (Å²) < 4.78 is 14.8. The number of rotatable bonds is 5. The minimum atomic E-state index is -0.762. The molecular formula is C15H21NO5. The van der Waals surface area contributed by atoms with Gasteiger partial charge in [0.25, 0.3) is 0 Å². The van der Waals surface area contributed by atoms with E-state index in [4.69, 9.17) is 14.2 Å². The molecule has 6 heteroatoms. The number of ether oxygens (including phenoxy) is 3. The first-order valence-electron chi connectivity index (χ1n) is 6.79. The molecule has 0 saturated carbocycles. The quantitative estimate of drug-likeness (QED) is 0.660. The van der Waals surface area contributed by atoms with Crippen LogP contribution >= 0.6 is 0 Å². The Kier molecular flexibility index (Phi) is 6.52. The second-order valence-electron chi connectivity index (χ2n) is 5.16. The van der Waals surface area contributed by atoms with Gasteiger partial charge in [0.1, 0.15) is 5.75 Å². The Hall–Kier alpha value is -2.24. The van der Waals surface area contributed by atoms with Crippen LogP contribution in [0.5, 0.6) is 5.75 Å². The van der Waals surface area contributed by atoms with Gasteiger partial charge in [-0.05, 0) is 44.0 Å². The summed E-state index contributed by atoms with van der Waals surface area (Å²) >= 11 is 0. The van der Waals surface area contributed by atoms with E-state index in [0.29, 0.717) is 18.0 Å². The SMILES string of the molecule is CC(C)COC(=O)Nc1ccc(OC(=O)OC(C)C)cc1. The van der Waals surface area contributed by atoms with E-state index in [2.05, 4.69) is 5.32 Å². The number of hydrogen-bond acceptors (Lipinski definition) is 5. The molecule has 0 spiro atoms. The molecule has 1 rings (SSSR count). The van der Waals surface area contributed by atoms with Gasteiger partial charge in [-0.3, -0.25) is 5.32 Å². The molecule has 6 nitrogen and oxygen atoms in total. The molecule has 0 aromatic heterocycles. The third-order valence-corrected chi connectivity index (χ3v) is 2.18. The number of carbonyl (C=O) groups excluding carboxylic acids is 2. The molecular weight excluding hydrogens is 274 g/mol. The van der Waals surface area contributed by atoms with Crippen molar-refractivity contribution in [3.05, 3.63) is 24.3 Å². The van der Waals surface area contributed by atoms with E-state index in [0.717, 1.165) is 0 Å². The number of benzene rings is 1. The summed E-state index contributed by atoms with van der Waals surface area (Å²) in [5.74, 6) is 0.611. The number of nitrogens with one attached hydrogen (secondary N) is 1. The van der Waals surface area contributed by atoms with Crippen LogP contribution in [-0.4, -0.2) is 25.0 Å². The van der Waals surface area contributed by atoms with Crippen molar-refractivity contribution < 1.29 is 23.8 Å². The first kappa shape index (κ1) is 16.8. The van der Waals surface area contributed by atoms with Crippen molar-refractivity contribution >= 4 is 17.9 Å². The monoisotopic (exact) mass is 295 g/mol. The van der Waals surface area contributed by atoms with Crippen molar-refractivity contribution in [3.63, 3.8) is 0 Å². The summed E-state index contributed by atoms with van der Waals surface area (Å²) in [4.78, 5) is 22.8. The zero-order valence-corrected chi connectivity index (χ0v) is 12.7. The molecule has 0 fully saturated rings. The van der Waals surface area contributed by atoms with Gasteiger partial charge in [-0.2, -0.15) is 0 Å². The molecule has 116 valence electrons. The number of hydrogen-bond donors (Lipinski definition) is 1. The predicted octanol–water partition coefficient (Wildman–Crippen LogP) is 3.81. The molecule has 0 aliphatic rings. The predicted molar refractivity (Wildman–Crippen MR) is 78.5 cm³/mol. The number of anilines is 1. The third-order valence-electron chi connectivity index (χ3n) is 2.18. The molecule has 0 aliphatic carbocycles. The minimum absolute atomic E-state index is 0.242. The van der Waals surface area contributed by atoms with E-state index in [1.807, 2.05) is 13.8 Å². The second-order valence-corrected chi connectivity index (χ2v) is 5.16. The van der Waals surface area contributed by atoms with Crippen LogP contribution in [0.15, 0.2) is 24.3 Å². The Bertz CT molecular complexity index is 467. The molecule has 1 aromatic carbocycles. The highest BCUT2D eigenvalue weighted by atomic mass is 16.7. The van der Waals surface area contributed by atoms with Gasteiger partial charge in [0, 0.05) is 5.69 Å². The van der Waals surface area contributed by atoms with E-state index in [1.54, 1.807) is 38.1 Å². The van der Waals surface area contributed by atoms with Gasteiger partial charge < -0.3 is 14.2 Å². The van der Waals surface area contributed by atoms with Gasteiger partial charge in [-0.1, -0.05) is 13.8 Å². The Morgan fingerprint density at radius 1 is 1.10 bits per heavy atom. The fourth-order valence-electron chi connectivity index (χ4n) is 1.32. The van der Waals surface area contributed by atoms with Crippen LogP contribution in [0.3, 0.4) is 0 Å². The third kappa shape index (κ3) is 7.20. The van der Waals surface area contributed by atoms with Gasteiger partial charge in [-0.25, -0.2) is 9.59 Å². The van der Waals surface area contributed by atoms with Crippen molar-refractivity contribution in [2.75, 3.05) is 11.9 Å². The number of amides is 1. The Balaban J connectivity index is 2.46. The van der Waals surface area contributed by atoms with Crippen molar-refractivity contribution in [3.8, 4) is 5.75 Å². The lowest BCUT2D eigenvalue weighted by Gasteiger charge is -2.10. The fraction of sp³-hybridized carbons (Fsp3) is 0.467. The summed E-state index contributed by atoms with van der Waals surface area (Å²) in [6.07, 6.45) is -1.52. The van der Waals surface area contributed by atoms with Gasteiger partial charge in [0.15, 0.2) is 0 Å². The van der Waals surface area contributed by atoms with Crippen LogP contribution in [0.1, 0.15) is 27.7 Å². The second kappa shape index (κ2) is 8.14. The van der Waals surface area contributed by atoms with Crippen LogP contribution in [-0.2, 0) is 9.47 Å². The molecule has 0 saturated heterocycles.